The molecule has 0 saturated heterocycles. The monoisotopic (exact) mass is 249 g/mol. The minimum absolute atomic E-state index is 0.433. The van der Waals surface area contributed by atoms with Crippen LogP contribution in [0, 0.1) is 0 Å². The van der Waals surface area contributed by atoms with Crippen molar-refractivity contribution >= 4 is 23.8 Å². The Hall–Kier alpha value is -0.950. The van der Waals surface area contributed by atoms with Crippen LogP contribution in [-0.4, -0.2) is 35.7 Å². The third-order valence-electron chi connectivity index (χ3n) is 1.48. The van der Waals surface area contributed by atoms with E-state index in [-0.39, 0.29) is 0 Å². The van der Waals surface area contributed by atoms with Gasteiger partial charge in [-0.25, -0.2) is 10.6 Å². The molecule has 7 heteroatoms. The van der Waals surface area contributed by atoms with Crippen LogP contribution >= 0.6 is 11.8 Å². The molecule has 2 amide bonds. The van der Waals surface area contributed by atoms with Gasteiger partial charge in [-0.1, -0.05) is 0 Å². The molecular weight excluding hydrogens is 230 g/mol. The highest BCUT2D eigenvalue weighted by molar-refractivity contribution is 7.98. The van der Waals surface area contributed by atoms with Gasteiger partial charge >= 0.3 is 6.09 Å². The standard InChI is InChI=1S/C9H19N3O3S/c1-9(2,3)15-8(14)11-6(5-16-4)7(13)12-10/h6H,5,10H2,1-4H3,(H,11,14)(H,12,13)/t6-/m0/s1. The molecule has 0 aliphatic rings. The third-order valence-corrected chi connectivity index (χ3v) is 2.15. The van der Waals surface area contributed by atoms with E-state index in [2.05, 4.69) is 5.32 Å². The fraction of sp³-hybridized carbons (Fsp3) is 0.778. The quantitative estimate of drug-likeness (QED) is 0.377. The van der Waals surface area contributed by atoms with Crippen molar-refractivity contribution in [2.24, 2.45) is 5.84 Å². The number of thioether (sulfide) groups is 1. The fourth-order valence-corrected chi connectivity index (χ4v) is 1.47. The van der Waals surface area contributed by atoms with Crippen molar-refractivity contribution in [3.05, 3.63) is 0 Å². The predicted molar refractivity (Wildman–Crippen MR) is 63.9 cm³/mol. The largest absolute Gasteiger partial charge is 0.444 e. The molecule has 1 atom stereocenters. The molecule has 0 bridgehead atoms. The summed E-state index contributed by atoms with van der Waals surface area (Å²) in [6, 6.07) is -0.685. The van der Waals surface area contributed by atoms with E-state index in [9.17, 15) is 9.59 Å². The summed E-state index contributed by atoms with van der Waals surface area (Å²) >= 11 is 1.43. The van der Waals surface area contributed by atoms with Crippen molar-refractivity contribution in [2.75, 3.05) is 12.0 Å². The van der Waals surface area contributed by atoms with Crippen LogP contribution in [0.15, 0.2) is 0 Å². The van der Waals surface area contributed by atoms with Crippen LogP contribution in [0.3, 0.4) is 0 Å². The second-order valence-electron chi connectivity index (χ2n) is 4.16. The molecule has 0 spiro atoms. The number of hydrogen-bond acceptors (Lipinski definition) is 5. The lowest BCUT2D eigenvalue weighted by molar-refractivity contribution is -0.122. The molecule has 94 valence electrons. The summed E-state index contributed by atoms with van der Waals surface area (Å²) in [7, 11) is 0. The molecule has 16 heavy (non-hydrogen) atoms. The first-order chi connectivity index (χ1) is 7.30. The second-order valence-corrected chi connectivity index (χ2v) is 5.07. The Bertz CT molecular complexity index is 253. The zero-order valence-corrected chi connectivity index (χ0v) is 10.8. The van der Waals surface area contributed by atoms with E-state index in [0.29, 0.717) is 5.75 Å². The molecule has 0 heterocycles. The number of ether oxygens (including phenoxy) is 1. The average molecular weight is 249 g/mol. The van der Waals surface area contributed by atoms with Crippen LogP contribution < -0.4 is 16.6 Å². The lowest BCUT2D eigenvalue weighted by Gasteiger charge is -2.22. The van der Waals surface area contributed by atoms with E-state index in [1.54, 1.807) is 20.8 Å². The number of hydrazine groups is 1. The van der Waals surface area contributed by atoms with Crippen molar-refractivity contribution < 1.29 is 14.3 Å². The first-order valence-electron chi connectivity index (χ1n) is 4.79. The van der Waals surface area contributed by atoms with Gasteiger partial charge in [-0.05, 0) is 27.0 Å². The number of hydrogen-bond donors (Lipinski definition) is 3. The van der Waals surface area contributed by atoms with Crippen LogP contribution in [-0.2, 0) is 9.53 Å². The van der Waals surface area contributed by atoms with Gasteiger partial charge in [-0.15, -0.1) is 0 Å². The van der Waals surface area contributed by atoms with Crippen molar-refractivity contribution in [1.82, 2.24) is 10.7 Å². The maximum absolute atomic E-state index is 11.4. The van der Waals surface area contributed by atoms with Gasteiger partial charge in [0.15, 0.2) is 0 Å². The highest BCUT2D eigenvalue weighted by Gasteiger charge is 2.23. The Balaban J connectivity index is 4.29. The molecule has 0 unspecified atom stereocenters. The number of rotatable bonds is 4. The fourth-order valence-electron chi connectivity index (χ4n) is 0.900. The molecule has 0 aromatic heterocycles. The van der Waals surface area contributed by atoms with Crippen molar-refractivity contribution in [3.8, 4) is 0 Å². The minimum atomic E-state index is -0.685. The van der Waals surface area contributed by atoms with Crippen molar-refractivity contribution in [1.29, 1.82) is 0 Å². The van der Waals surface area contributed by atoms with Crippen LogP contribution in [0.1, 0.15) is 20.8 Å². The highest BCUT2D eigenvalue weighted by Crippen LogP contribution is 2.07. The molecule has 0 saturated carbocycles. The maximum atomic E-state index is 11.4. The van der Waals surface area contributed by atoms with E-state index in [1.807, 2.05) is 11.7 Å². The molecular formula is C9H19N3O3S. The van der Waals surface area contributed by atoms with Gasteiger partial charge in [0, 0.05) is 5.75 Å². The van der Waals surface area contributed by atoms with E-state index >= 15 is 0 Å². The number of carbonyl (C=O) groups is 2. The molecule has 0 aromatic carbocycles. The summed E-state index contributed by atoms with van der Waals surface area (Å²) in [5.41, 5.74) is 1.41. The summed E-state index contributed by atoms with van der Waals surface area (Å²) < 4.78 is 5.03. The van der Waals surface area contributed by atoms with Gasteiger partial charge in [0.25, 0.3) is 5.91 Å². The summed E-state index contributed by atoms with van der Waals surface area (Å²) in [5.74, 6) is 4.99. The lowest BCUT2D eigenvalue weighted by atomic mass is 10.2. The van der Waals surface area contributed by atoms with Crippen LogP contribution in [0.25, 0.3) is 0 Å². The topological polar surface area (TPSA) is 93.4 Å². The maximum Gasteiger partial charge on any atom is 0.408 e. The molecule has 6 nitrogen and oxygen atoms in total. The molecule has 0 aliphatic heterocycles. The lowest BCUT2D eigenvalue weighted by Crippen LogP contribution is -2.51. The Morgan fingerprint density at radius 1 is 1.44 bits per heavy atom. The second kappa shape index (κ2) is 6.59. The number of amides is 2. The summed E-state index contributed by atoms with van der Waals surface area (Å²) in [5, 5.41) is 2.45. The normalized spacial score (nSPS) is 12.8. The molecule has 0 fully saturated rings. The molecule has 4 N–H and O–H groups in total. The number of carbonyl (C=O) groups excluding carboxylic acids is 2. The predicted octanol–water partition coefficient (Wildman–Crippen LogP) is 0.233. The zero-order valence-electron chi connectivity index (χ0n) is 9.99. The van der Waals surface area contributed by atoms with Gasteiger partial charge in [0.05, 0.1) is 0 Å². The molecule has 0 aliphatic carbocycles. The van der Waals surface area contributed by atoms with E-state index in [0.717, 1.165) is 0 Å². The van der Waals surface area contributed by atoms with Crippen molar-refractivity contribution in [3.63, 3.8) is 0 Å². The van der Waals surface area contributed by atoms with Gasteiger partial charge in [0.2, 0.25) is 0 Å². The van der Waals surface area contributed by atoms with Gasteiger partial charge < -0.3 is 10.1 Å². The summed E-state index contributed by atoms with van der Waals surface area (Å²) in [6.07, 6.45) is 1.20. The first-order valence-corrected chi connectivity index (χ1v) is 6.18. The Morgan fingerprint density at radius 2 is 2.00 bits per heavy atom. The van der Waals surface area contributed by atoms with E-state index in [1.165, 1.54) is 11.8 Å². The first kappa shape index (κ1) is 15.0. The SMILES string of the molecule is CSC[C@H](NC(=O)OC(C)(C)C)C(=O)NN. The average Bonchev–Trinajstić information content (AvgIpc) is 2.13. The van der Waals surface area contributed by atoms with E-state index < -0.39 is 23.6 Å². The number of nitrogens with one attached hydrogen (secondary N) is 2. The Labute approximate surface area is 99.6 Å². The van der Waals surface area contributed by atoms with Crippen LogP contribution in [0.2, 0.25) is 0 Å². The summed E-state index contributed by atoms with van der Waals surface area (Å²) in [6.45, 7) is 5.25. The van der Waals surface area contributed by atoms with Gasteiger partial charge in [0.1, 0.15) is 11.6 Å². The molecule has 0 aromatic rings. The van der Waals surface area contributed by atoms with E-state index in [4.69, 9.17) is 10.6 Å². The third kappa shape index (κ3) is 6.52. The molecule has 0 rings (SSSR count). The Kier molecular flexibility index (Phi) is 6.20. The summed E-state index contributed by atoms with van der Waals surface area (Å²) in [4.78, 5) is 22.7. The van der Waals surface area contributed by atoms with Gasteiger partial charge in [-0.3, -0.25) is 10.2 Å². The number of nitrogens with two attached hydrogens (primary N) is 1. The van der Waals surface area contributed by atoms with Gasteiger partial charge in [-0.2, -0.15) is 11.8 Å². The smallest absolute Gasteiger partial charge is 0.408 e. The van der Waals surface area contributed by atoms with Crippen LogP contribution in [0.4, 0.5) is 4.79 Å². The molecule has 0 radical (unpaired) electrons. The van der Waals surface area contributed by atoms with Crippen molar-refractivity contribution in [2.45, 2.75) is 32.4 Å². The van der Waals surface area contributed by atoms with Crippen LogP contribution in [0.5, 0.6) is 0 Å². The zero-order chi connectivity index (χ0) is 12.8. The highest BCUT2D eigenvalue weighted by atomic mass is 32.2. The number of alkyl carbamates (subject to hydrolysis) is 1. The Morgan fingerprint density at radius 3 is 2.38 bits per heavy atom. The minimum Gasteiger partial charge on any atom is -0.444 e.